The van der Waals surface area contributed by atoms with Crippen LogP contribution in [-0.4, -0.2) is 26.3 Å². The van der Waals surface area contributed by atoms with E-state index >= 15 is 0 Å². The summed E-state index contributed by atoms with van der Waals surface area (Å²) >= 11 is 5.87. The average Bonchev–Trinajstić information content (AvgIpc) is 2.52. The van der Waals surface area contributed by atoms with Crippen LogP contribution in [0.3, 0.4) is 0 Å². The molecule has 0 heterocycles. The lowest BCUT2D eigenvalue weighted by Crippen LogP contribution is -2.32. The molecular formula is C17H19ClN2O3. The van der Waals surface area contributed by atoms with Gasteiger partial charge in [0.15, 0.2) is 0 Å². The standard InChI is InChI=1S/C17H19ClN2O3/c1-12-6-7-16(22-2)15(10-12)20-17(21)19-8-9-23-14-5-3-4-13(18)11-14/h3-7,10-11H,8-9H2,1-2H3,(H2,19,20,21). The number of hydrogen-bond donors (Lipinski definition) is 2. The minimum absolute atomic E-state index is 0.316. The third-order valence-corrected chi connectivity index (χ3v) is 3.29. The Hall–Kier alpha value is -2.40. The summed E-state index contributed by atoms with van der Waals surface area (Å²) in [5.41, 5.74) is 1.66. The molecule has 0 aliphatic carbocycles. The molecule has 0 aromatic heterocycles. The lowest BCUT2D eigenvalue weighted by atomic mass is 10.2. The molecule has 6 heteroatoms. The number of hydrogen-bond acceptors (Lipinski definition) is 3. The topological polar surface area (TPSA) is 59.6 Å². The van der Waals surface area contributed by atoms with Gasteiger partial charge in [0.2, 0.25) is 0 Å². The van der Waals surface area contributed by atoms with Crippen molar-refractivity contribution in [3.63, 3.8) is 0 Å². The molecule has 2 aromatic rings. The number of benzene rings is 2. The van der Waals surface area contributed by atoms with Crippen LogP contribution >= 0.6 is 11.6 Å². The summed E-state index contributed by atoms with van der Waals surface area (Å²) in [6, 6.07) is 12.4. The molecule has 0 saturated carbocycles. The number of rotatable bonds is 6. The first-order valence-electron chi connectivity index (χ1n) is 7.16. The lowest BCUT2D eigenvalue weighted by molar-refractivity contribution is 0.247. The van der Waals surface area contributed by atoms with Crippen molar-refractivity contribution in [1.82, 2.24) is 5.32 Å². The van der Waals surface area contributed by atoms with Gasteiger partial charge in [0.05, 0.1) is 19.3 Å². The highest BCUT2D eigenvalue weighted by Gasteiger charge is 2.07. The van der Waals surface area contributed by atoms with Crippen LogP contribution in [0.2, 0.25) is 5.02 Å². The van der Waals surface area contributed by atoms with Crippen LogP contribution < -0.4 is 20.1 Å². The van der Waals surface area contributed by atoms with Gasteiger partial charge in [-0.2, -0.15) is 0 Å². The Labute approximate surface area is 140 Å². The van der Waals surface area contributed by atoms with Crippen LogP contribution in [0.1, 0.15) is 5.56 Å². The van der Waals surface area contributed by atoms with Crippen molar-refractivity contribution >= 4 is 23.3 Å². The number of halogens is 1. The van der Waals surface area contributed by atoms with Gasteiger partial charge < -0.3 is 20.1 Å². The molecule has 2 rings (SSSR count). The number of aryl methyl sites for hydroxylation is 1. The number of methoxy groups -OCH3 is 1. The normalized spacial score (nSPS) is 10.0. The highest BCUT2D eigenvalue weighted by molar-refractivity contribution is 6.30. The Morgan fingerprint density at radius 3 is 2.78 bits per heavy atom. The monoisotopic (exact) mass is 334 g/mol. The molecule has 2 amide bonds. The van der Waals surface area contributed by atoms with E-state index in [9.17, 15) is 4.79 Å². The fourth-order valence-electron chi connectivity index (χ4n) is 1.98. The average molecular weight is 335 g/mol. The van der Waals surface area contributed by atoms with Crippen LogP contribution in [-0.2, 0) is 0 Å². The Bertz CT molecular complexity index is 677. The summed E-state index contributed by atoms with van der Waals surface area (Å²) in [6.45, 7) is 2.66. The van der Waals surface area contributed by atoms with Gasteiger partial charge in [-0.05, 0) is 42.8 Å². The minimum atomic E-state index is -0.316. The number of carbonyl (C=O) groups is 1. The molecule has 5 nitrogen and oxygen atoms in total. The quantitative estimate of drug-likeness (QED) is 0.789. The molecule has 0 aliphatic rings. The van der Waals surface area contributed by atoms with Crippen molar-refractivity contribution in [2.75, 3.05) is 25.6 Å². The molecule has 0 atom stereocenters. The van der Waals surface area contributed by atoms with Gasteiger partial charge in [-0.25, -0.2) is 4.79 Å². The van der Waals surface area contributed by atoms with E-state index in [1.165, 1.54) is 0 Å². The van der Waals surface area contributed by atoms with Gasteiger partial charge in [-0.15, -0.1) is 0 Å². The first-order valence-corrected chi connectivity index (χ1v) is 7.54. The van der Waals surface area contributed by atoms with Crippen LogP contribution in [0.25, 0.3) is 0 Å². The first kappa shape index (κ1) is 17.0. The second-order valence-corrected chi connectivity index (χ2v) is 5.33. The van der Waals surface area contributed by atoms with Crippen molar-refractivity contribution in [3.8, 4) is 11.5 Å². The van der Waals surface area contributed by atoms with Crippen LogP contribution in [0, 0.1) is 6.92 Å². The number of urea groups is 1. The zero-order valence-corrected chi connectivity index (χ0v) is 13.8. The molecule has 0 spiro atoms. The van der Waals surface area contributed by atoms with E-state index in [1.807, 2.05) is 37.3 Å². The number of carbonyl (C=O) groups excluding carboxylic acids is 1. The molecule has 0 radical (unpaired) electrons. The van der Waals surface area contributed by atoms with Gasteiger partial charge in [0.1, 0.15) is 18.1 Å². The zero-order chi connectivity index (χ0) is 16.7. The van der Waals surface area contributed by atoms with E-state index < -0.39 is 0 Å². The molecule has 0 fully saturated rings. The van der Waals surface area contributed by atoms with Gasteiger partial charge >= 0.3 is 6.03 Å². The second-order valence-electron chi connectivity index (χ2n) is 4.89. The smallest absolute Gasteiger partial charge is 0.319 e. The van der Waals surface area contributed by atoms with E-state index in [0.717, 1.165) is 5.56 Å². The minimum Gasteiger partial charge on any atom is -0.495 e. The SMILES string of the molecule is COc1ccc(C)cc1NC(=O)NCCOc1cccc(Cl)c1. The molecule has 0 aliphatic heterocycles. The summed E-state index contributed by atoms with van der Waals surface area (Å²) in [4.78, 5) is 11.9. The van der Waals surface area contributed by atoms with E-state index in [1.54, 1.807) is 19.2 Å². The molecule has 2 aromatic carbocycles. The Morgan fingerprint density at radius 1 is 1.22 bits per heavy atom. The van der Waals surface area contributed by atoms with Gasteiger partial charge in [0, 0.05) is 5.02 Å². The highest BCUT2D eigenvalue weighted by Crippen LogP contribution is 2.24. The maximum absolute atomic E-state index is 11.9. The molecule has 122 valence electrons. The van der Waals surface area contributed by atoms with Crippen molar-refractivity contribution in [2.24, 2.45) is 0 Å². The molecule has 2 N–H and O–H groups in total. The zero-order valence-electron chi connectivity index (χ0n) is 13.1. The number of amides is 2. The first-order chi connectivity index (χ1) is 11.1. The van der Waals surface area contributed by atoms with Gasteiger partial charge in [-0.3, -0.25) is 0 Å². The van der Waals surface area contributed by atoms with Gasteiger partial charge in [0.25, 0.3) is 0 Å². The molecule has 0 saturated heterocycles. The summed E-state index contributed by atoms with van der Waals surface area (Å²) in [5, 5.41) is 6.09. The number of anilines is 1. The number of ether oxygens (including phenoxy) is 2. The van der Waals surface area contributed by atoms with E-state index in [2.05, 4.69) is 10.6 Å². The number of nitrogens with one attached hydrogen (secondary N) is 2. The van der Waals surface area contributed by atoms with Crippen molar-refractivity contribution in [1.29, 1.82) is 0 Å². The fraction of sp³-hybridized carbons (Fsp3) is 0.235. The maximum Gasteiger partial charge on any atom is 0.319 e. The highest BCUT2D eigenvalue weighted by atomic mass is 35.5. The summed E-state index contributed by atoms with van der Waals surface area (Å²) in [6.07, 6.45) is 0. The predicted octanol–water partition coefficient (Wildman–Crippen LogP) is 3.86. The molecular weight excluding hydrogens is 316 g/mol. The summed E-state index contributed by atoms with van der Waals surface area (Å²) < 4.78 is 10.7. The Morgan fingerprint density at radius 2 is 2.04 bits per heavy atom. The summed E-state index contributed by atoms with van der Waals surface area (Å²) in [7, 11) is 1.56. The third-order valence-electron chi connectivity index (χ3n) is 3.06. The Kier molecular flexibility index (Phi) is 6.11. The van der Waals surface area contributed by atoms with E-state index in [0.29, 0.717) is 35.4 Å². The summed E-state index contributed by atoms with van der Waals surface area (Å²) in [5.74, 6) is 1.28. The van der Waals surface area contributed by atoms with Crippen LogP contribution in [0.4, 0.5) is 10.5 Å². The van der Waals surface area contributed by atoms with Crippen LogP contribution in [0.15, 0.2) is 42.5 Å². The van der Waals surface area contributed by atoms with E-state index in [4.69, 9.17) is 21.1 Å². The fourth-order valence-corrected chi connectivity index (χ4v) is 2.16. The molecule has 0 bridgehead atoms. The van der Waals surface area contributed by atoms with E-state index in [-0.39, 0.29) is 6.03 Å². The van der Waals surface area contributed by atoms with Crippen molar-refractivity contribution in [3.05, 3.63) is 53.1 Å². The predicted molar refractivity (Wildman–Crippen MR) is 91.7 cm³/mol. The van der Waals surface area contributed by atoms with Crippen molar-refractivity contribution < 1.29 is 14.3 Å². The van der Waals surface area contributed by atoms with Gasteiger partial charge in [-0.1, -0.05) is 23.7 Å². The Balaban J connectivity index is 1.78. The maximum atomic E-state index is 11.9. The third kappa shape index (κ3) is 5.38. The molecule has 23 heavy (non-hydrogen) atoms. The second kappa shape index (κ2) is 8.29. The van der Waals surface area contributed by atoms with Crippen LogP contribution in [0.5, 0.6) is 11.5 Å². The largest absolute Gasteiger partial charge is 0.495 e. The molecule has 0 unspecified atom stereocenters. The lowest BCUT2D eigenvalue weighted by Gasteiger charge is -2.12. The van der Waals surface area contributed by atoms with Crippen molar-refractivity contribution in [2.45, 2.75) is 6.92 Å².